The molecule has 1 saturated heterocycles. The van der Waals surface area contributed by atoms with E-state index in [9.17, 15) is 18.0 Å². The number of hydrogen-bond donors (Lipinski definition) is 1. The predicted molar refractivity (Wildman–Crippen MR) is 70.0 cm³/mol. The molecule has 1 aromatic rings. The molecule has 3 heterocycles. The van der Waals surface area contributed by atoms with Crippen LogP contribution in [0.4, 0.5) is 19.1 Å². The van der Waals surface area contributed by atoms with Crippen molar-refractivity contribution in [2.75, 3.05) is 25.0 Å². The molecule has 0 saturated carbocycles. The van der Waals surface area contributed by atoms with Crippen LogP contribution in [0.15, 0.2) is 6.20 Å². The normalized spacial score (nSPS) is 20.0. The number of aromatic nitrogens is 2. The Labute approximate surface area is 120 Å². The molecule has 2 aliphatic rings. The molecule has 2 aliphatic heterocycles. The van der Waals surface area contributed by atoms with Gasteiger partial charge in [0.05, 0.1) is 5.92 Å². The van der Waals surface area contributed by atoms with Crippen molar-refractivity contribution in [1.29, 1.82) is 0 Å². The first-order valence-corrected chi connectivity index (χ1v) is 7.12. The highest BCUT2D eigenvalue weighted by molar-refractivity contribution is 5.92. The van der Waals surface area contributed by atoms with Gasteiger partial charge >= 0.3 is 6.18 Å². The summed E-state index contributed by atoms with van der Waals surface area (Å²) in [7, 11) is 0. The lowest BCUT2D eigenvalue weighted by molar-refractivity contribution is -0.183. The van der Waals surface area contributed by atoms with Crippen LogP contribution in [0, 0.1) is 5.92 Å². The molecule has 0 aliphatic carbocycles. The summed E-state index contributed by atoms with van der Waals surface area (Å²) in [6.45, 7) is 1.90. The lowest BCUT2D eigenvalue weighted by Gasteiger charge is -2.32. The van der Waals surface area contributed by atoms with Gasteiger partial charge in [-0.1, -0.05) is 0 Å². The van der Waals surface area contributed by atoms with E-state index in [-0.39, 0.29) is 31.8 Å². The van der Waals surface area contributed by atoms with Gasteiger partial charge in [0.2, 0.25) is 5.95 Å². The summed E-state index contributed by atoms with van der Waals surface area (Å²) < 4.78 is 39.7. The number of carbonyl (C=O) groups excluding carboxylic acids is 1. The van der Waals surface area contributed by atoms with Gasteiger partial charge in [-0.25, -0.2) is 4.98 Å². The van der Waals surface area contributed by atoms with Crippen molar-refractivity contribution < 1.29 is 18.0 Å². The fourth-order valence-corrected chi connectivity index (χ4v) is 2.85. The molecule has 116 valence electrons. The lowest BCUT2D eigenvalue weighted by atomic mass is 9.96. The fraction of sp³-hybridized carbons (Fsp3) is 0.692. The van der Waals surface area contributed by atoms with Gasteiger partial charge in [0.1, 0.15) is 5.69 Å². The zero-order valence-corrected chi connectivity index (χ0v) is 11.5. The van der Waals surface area contributed by atoms with Crippen LogP contribution in [0.1, 0.15) is 29.8 Å². The highest BCUT2D eigenvalue weighted by atomic mass is 19.4. The Morgan fingerprint density at radius 2 is 2.00 bits per heavy atom. The highest BCUT2D eigenvalue weighted by Gasteiger charge is 2.42. The molecular weight excluding hydrogens is 285 g/mol. The van der Waals surface area contributed by atoms with Crippen LogP contribution >= 0.6 is 0 Å². The minimum absolute atomic E-state index is 0.0267. The summed E-state index contributed by atoms with van der Waals surface area (Å²) in [5.74, 6) is -0.910. The second-order valence-corrected chi connectivity index (χ2v) is 5.53. The minimum Gasteiger partial charge on any atom is -0.356 e. The lowest BCUT2D eigenvalue weighted by Crippen LogP contribution is -2.42. The molecule has 1 fully saturated rings. The van der Waals surface area contributed by atoms with Crippen LogP contribution in [0.5, 0.6) is 0 Å². The zero-order valence-electron chi connectivity index (χ0n) is 11.5. The number of amides is 1. The fourth-order valence-electron chi connectivity index (χ4n) is 2.85. The van der Waals surface area contributed by atoms with Gasteiger partial charge in [-0.2, -0.15) is 13.2 Å². The molecule has 0 atom stereocenters. The number of piperidine rings is 1. The number of carbonyl (C=O) groups is 1. The molecule has 0 unspecified atom stereocenters. The Hall–Kier alpha value is -1.73. The SMILES string of the molecule is O=C(c1cn2c(n1)NCCC2)N1CCC(C(F)(F)F)CC1. The van der Waals surface area contributed by atoms with Gasteiger partial charge < -0.3 is 14.8 Å². The maximum absolute atomic E-state index is 12.6. The van der Waals surface area contributed by atoms with Crippen molar-refractivity contribution in [3.8, 4) is 0 Å². The first-order chi connectivity index (χ1) is 9.95. The van der Waals surface area contributed by atoms with Crippen molar-refractivity contribution in [3.63, 3.8) is 0 Å². The molecule has 0 aromatic carbocycles. The molecule has 3 rings (SSSR count). The molecule has 1 aromatic heterocycles. The second kappa shape index (κ2) is 5.23. The quantitative estimate of drug-likeness (QED) is 0.864. The van der Waals surface area contributed by atoms with Gasteiger partial charge in [0.15, 0.2) is 0 Å². The standard InChI is InChI=1S/C13H17F3N4O/c14-13(15,16)9-2-6-19(7-3-9)11(21)10-8-20-5-1-4-17-12(20)18-10/h8-9H,1-7H2,(H,17,18). The monoisotopic (exact) mass is 302 g/mol. The third-order valence-electron chi connectivity index (χ3n) is 4.10. The van der Waals surface area contributed by atoms with E-state index in [4.69, 9.17) is 0 Å². The van der Waals surface area contributed by atoms with E-state index in [2.05, 4.69) is 10.3 Å². The largest absolute Gasteiger partial charge is 0.391 e. The number of likely N-dealkylation sites (tertiary alicyclic amines) is 1. The van der Waals surface area contributed by atoms with Crippen molar-refractivity contribution in [1.82, 2.24) is 14.5 Å². The summed E-state index contributed by atoms with van der Waals surface area (Å²) >= 11 is 0. The maximum Gasteiger partial charge on any atom is 0.391 e. The Kier molecular flexibility index (Phi) is 3.54. The van der Waals surface area contributed by atoms with E-state index in [0.29, 0.717) is 11.6 Å². The number of halogens is 3. The summed E-state index contributed by atoms with van der Waals surface area (Å²) in [5, 5.41) is 3.10. The van der Waals surface area contributed by atoms with Crippen molar-refractivity contribution in [2.45, 2.75) is 32.0 Å². The minimum atomic E-state index is -4.16. The Balaban J connectivity index is 1.65. The number of nitrogens with zero attached hydrogens (tertiary/aromatic N) is 3. The average molecular weight is 302 g/mol. The van der Waals surface area contributed by atoms with Crippen molar-refractivity contribution >= 4 is 11.9 Å². The summed E-state index contributed by atoms with van der Waals surface area (Å²) in [6.07, 6.45) is -1.57. The van der Waals surface area contributed by atoms with E-state index in [1.165, 1.54) is 4.90 Å². The zero-order chi connectivity index (χ0) is 15.0. The third kappa shape index (κ3) is 2.84. The number of aryl methyl sites for hydroxylation is 1. The first-order valence-electron chi connectivity index (χ1n) is 7.12. The molecule has 21 heavy (non-hydrogen) atoms. The smallest absolute Gasteiger partial charge is 0.356 e. The molecule has 0 bridgehead atoms. The number of nitrogens with one attached hydrogen (secondary N) is 1. The summed E-state index contributed by atoms with van der Waals surface area (Å²) in [4.78, 5) is 18.0. The number of rotatable bonds is 1. The molecular formula is C13H17F3N4O. The van der Waals surface area contributed by atoms with Crippen molar-refractivity contribution in [2.24, 2.45) is 5.92 Å². The first kappa shape index (κ1) is 14.2. The number of fused-ring (bicyclic) bond motifs is 1. The van der Waals surface area contributed by atoms with E-state index in [1.54, 1.807) is 6.20 Å². The summed E-state index contributed by atoms with van der Waals surface area (Å²) in [6, 6.07) is 0. The van der Waals surface area contributed by atoms with Crippen molar-refractivity contribution in [3.05, 3.63) is 11.9 Å². The van der Waals surface area contributed by atoms with Gasteiger partial charge in [-0.05, 0) is 19.3 Å². The number of alkyl halides is 3. The van der Waals surface area contributed by atoms with Crippen LogP contribution in [-0.2, 0) is 6.54 Å². The summed E-state index contributed by atoms with van der Waals surface area (Å²) in [5.41, 5.74) is 0.310. The number of anilines is 1. The molecule has 0 radical (unpaired) electrons. The van der Waals surface area contributed by atoms with Crippen LogP contribution in [0.3, 0.4) is 0 Å². The number of imidazole rings is 1. The van der Waals surface area contributed by atoms with Crippen LogP contribution < -0.4 is 5.32 Å². The van der Waals surface area contributed by atoms with Gasteiger partial charge in [-0.15, -0.1) is 0 Å². The highest BCUT2D eigenvalue weighted by Crippen LogP contribution is 2.34. The molecule has 1 amide bonds. The molecule has 0 spiro atoms. The molecule has 1 N–H and O–H groups in total. The van der Waals surface area contributed by atoms with Gasteiger partial charge in [-0.3, -0.25) is 4.79 Å². The molecule has 5 nitrogen and oxygen atoms in total. The van der Waals surface area contributed by atoms with Crippen LogP contribution in [0.2, 0.25) is 0 Å². The molecule has 8 heteroatoms. The van der Waals surface area contributed by atoms with E-state index in [1.807, 2.05) is 4.57 Å². The predicted octanol–water partition coefficient (Wildman–Crippen LogP) is 2.11. The van der Waals surface area contributed by atoms with Crippen LogP contribution in [-0.4, -0.2) is 46.2 Å². The third-order valence-corrected chi connectivity index (χ3v) is 4.10. The van der Waals surface area contributed by atoms with Gasteiger partial charge in [0.25, 0.3) is 5.91 Å². The van der Waals surface area contributed by atoms with E-state index >= 15 is 0 Å². The maximum atomic E-state index is 12.6. The topological polar surface area (TPSA) is 50.2 Å². The second-order valence-electron chi connectivity index (χ2n) is 5.53. The van der Waals surface area contributed by atoms with E-state index < -0.39 is 12.1 Å². The Bertz CT molecular complexity index is 509. The Morgan fingerprint density at radius 3 is 2.62 bits per heavy atom. The number of hydrogen-bond acceptors (Lipinski definition) is 3. The van der Waals surface area contributed by atoms with Crippen LogP contribution in [0.25, 0.3) is 0 Å². The van der Waals surface area contributed by atoms with Gasteiger partial charge in [0, 0.05) is 32.4 Å². The average Bonchev–Trinajstić information content (AvgIpc) is 2.89. The van der Waals surface area contributed by atoms with E-state index in [0.717, 1.165) is 19.5 Å². The Morgan fingerprint density at radius 1 is 1.29 bits per heavy atom.